The molecule has 3 nitrogen and oxygen atoms in total. The summed E-state index contributed by atoms with van der Waals surface area (Å²) < 4.78 is 5.49. The molecule has 3 heteroatoms. The molecule has 1 N–H and O–H groups in total. The molecule has 0 aliphatic carbocycles. The Morgan fingerprint density at radius 3 is 2.81 bits per heavy atom. The molecule has 1 fully saturated rings. The SMILES string of the molecule is CCCCN(C)CC(NCC)C1CCOC1. The third-order valence-corrected chi connectivity index (χ3v) is 3.40. The number of hydrogen-bond donors (Lipinski definition) is 1. The van der Waals surface area contributed by atoms with Gasteiger partial charge in [0.05, 0.1) is 6.61 Å². The lowest BCUT2D eigenvalue weighted by Crippen LogP contribution is -2.45. The highest BCUT2D eigenvalue weighted by atomic mass is 16.5. The molecule has 1 aliphatic rings. The van der Waals surface area contributed by atoms with Gasteiger partial charge < -0.3 is 15.0 Å². The van der Waals surface area contributed by atoms with E-state index < -0.39 is 0 Å². The van der Waals surface area contributed by atoms with Crippen molar-refractivity contribution in [3.63, 3.8) is 0 Å². The van der Waals surface area contributed by atoms with Gasteiger partial charge in [-0.2, -0.15) is 0 Å². The topological polar surface area (TPSA) is 24.5 Å². The minimum absolute atomic E-state index is 0.606. The van der Waals surface area contributed by atoms with Crippen molar-refractivity contribution in [2.45, 2.75) is 39.2 Å². The lowest BCUT2D eigenvalue weighted by Gasteiger charge is -2.28. The maximum Gasteiger partial charge on any atom is 0.0510 e. The molecule has 0 aromatic carbocycles. The van der Waals surface area contributed by atoms with Gasteiger partial charge in [-0.1, -0.05) is 20.3 Å². The summed E-state index contributed by atoms with van der Waals surface area (Å²) in [5.74, 6) is 0.712. The van der Waals surface area contributed by atoms with E-state index in [1.807, 2.05) is 0 Å². The average Bonchev–Trinajstić information content (AvgIpc) is 2.79. The minimum Gasteiger partial charge on any atom is -0.381 e. The van der Waals surface area contributed by atoms with Gasteiger partial charge in [-0.15, -0.1) is 0 Å². The van der Waals surface area contributed by atoms with E-state index in [0.29, 0.717) is 12.0 Å². The van der Waals surface area contributed by atoms with Crippen LogP contribution in [0.15, 0.2) is 0 Å². The molecule has 0 saturated carbocycles. The van der Waals surface area contributed by atoms with Crippen molar-refractivity contribution < 1.29 is 4.74 Å². The predicted octanol–water partition coefficient (Wildman–Crippen LogP) is 1.73. The highest BCUT2D eigenvalue weighted by Gasteiger charge is 2.25. The zero-order chi connectivity index (χ0) is 11.8. The molecule has 0 radical (unpaired) electrons. The lowest BCUT2D eigenvalue weighted by molar-refractivity contribution is 0.167. The number of ether oxygens (including phenoxy) is 1. The normalized spacial score (nSPS) is 22.9. The number of rotatable bonds is 8. The van der Waals surface area contributed by atoms with Crippen LogP contribution in [0.4, 0.5) is 0 Å². The van der Waals surface area contributed by atoms with Crippen LogP contribution in [-0.2, 0) is 4.74 Å². The van der Waals surface area contributed by atoms with E-state index in [-0.39, 0.29) is 0 Å². The third kappa shape index (κ3) is 4.81. The average molecular weight is 228 g/mol. The van der Waals surface area contributed by atoms with Crippen molar-refractivity contribution in [2.75, 3.05) is 39.9 Å². The first kappa shape index (κ1) is 13.9. The molecule has 2 unspecified atom stereocenters. The van der Waals surface area contributed by atoms with Gasteiger partial charge in [0.1, 0.15) is 0 Å². The van der Waals surface area contributed by atoms with E-state index in [1.54, 1.807) is 0 Å². The van der Waals surface area contributed by atoms with Crippen LogP contribution in [0.3, 0.4) is 0 Å². The van der Waals surface area contributed by atoms with Gasteiger partial charge in [0, 0.05) is 25.1 Å². The number of likely N-dealkylation sites (N-methyl/N-ethyl adjacent to an activating group) is 2. The molecule has 0 aromatic rings. The zero-order valence-electron chi connectivity index (χ0n) is 11.2. The first-order valence-corrected chi connectivity index (χ1v) is 6.77. The summed E-state index contributed by atoms with van der Waals surface area (Å²) in [5.41, 5.74) is 0. The van der Waals surface area contributed by atoms with Gasteiger partial charge in [-0.3, -0.25) is 0 Å². The van der Waals surface area contributed by atoms with E-state index >= 15 is 0 Å². The van der Waals surface area contributed by atoms with Gasteiger partial charge in [-0.05, 0) is 33.0 Å². The third-order valence-electron chi connectivity index (χ3n) is 3.40. The molecule has 96 valence electrons. The summed E-state index contributed by atoms with van der Waals surface area (Å²) in [4.78, 5) is 2.45. The quantitative estimate of drug-likeness (QED) is 0.685. The molecule has 2 atom stereocenters. The molecule has 1 aliphatic heterocycles. The van der Waals surface area contributed by atoms with E-state index in [4.69, 9.17) is 4.74 Å². The fourth-order valence-electron chi connectivity index (χ4n) is 2.37. The van der Waals surface area contributed by atoms with Crippen LogP contribution in [0.2, 0.25) is 0 Å². The van der Waals surface area contributed by atoms with E-state index in [9.17, 15) is 0 Å². The Bertz CT molecular complexity index is 169. The fourth-order valence-corrected chi connectivity index (χ4v) is 2.37. The van der Waals surface area contributed by atoms with E-state index in [0.717, 1.165) is 26.3 Å². The number of nitrogens with one attached hydrogen (secondary N) is 1. The number of unbranched alkanes of at least 4 members (excludes halogenated alkanes) is 1. The van der Waals surface area contributed by atoms with Crippen molar-refractivity contribution in [1.29, 1.82) is 0 Å². The molecule has 1 saturated heterocycles. The minimum atomic E-state index is 0.606. The fraction of sp³-hybridized carbons (Fsp3) is 1.00. The first-order valence-electron chi connectivity index (χ1n) is 6.77. The summed E-state index contributed by atoms with van der Waals surface area (Å²) in [5, 5.41) is 3.61. The Balaban J connectivity index is 2.31. The second-order valence-corrected chi connectivity index (χ2v) is 4.90. The van der Waals surface area contributed by atoms with E-state index in [2.05, 4.69) is 31.1 Å². The zero-order valence-corrected chi connectivity index (χ0v) is 11.2. The van der Waals surface area contributed by atoms with Crippen molar-refractivity contribution >= 4 is 0 Å². The van der Waals surface area contributed by atoms with Crippen molar-refractivity contribution in [3.05, 3.63) is 0 Å². The monoisotopic (exact) mass is 228 g/mol. The molecule has 0 aromatic heterocycles. The van der Waals surface area contributed by atoms with Crippen LogP contribution >= 0.6 is 0 Å². The molecular formula is C13H28N2O. The molecule has 0 amide bonds. The largest absolute Gasteiger partial charge is 0.381 e. The Labute approximate surface area is 101 Å². The Hall–Kier alpha value is -0.120. The maximum absolute atomic E-state index is 5.49. The van der Waals surface area contributed by atoms with Crippen molar-refractivity contribution in [1.82, 2.24) is 10.2 Å². The van der Waals surface area contributed by atoms with Gasteiger partial charge in [0.25, 0.3) is 0 Å². The summed E-state index contributed by atoms with van der Waals surface area (Å²) in [6, 6.07) is 0.606. The van der Waals surface area contributed by atoms with Gasteiger partial charge >= 0.3 is 0 Å². The molecule has 1 heterocycles. The molecule has 0 spiro atoms. The molecular weight excluding hydrogens is 200 g/mol. The van der Waals surface area contributed by atoms with Crippen LogP contribution in [0.1, 0.15) is 33.1 Å². The van der Waals surface area contributed by atoms with Crippen LogP contribution in [-0.4, -0.2) is 50.8 Å². The maximum atomic E-state index is 5.49. The van der Waals surface area contributed by atoms with Crippen molar-refractivity contribution in [3.8, 4) is 0 Å². The number of nitrogens with zero attached hydrogens (tertiary/aromatic N) is 1. The second kappa shape index (κ2) is 8.04. The van der Waals surface area contributed by atoms with Gasteiger partial charge in [0.2, 0.25) is 0 Å². The number of hydrogen-bond acceptors (Lipinski definition) is 3. The highest BCUT2D eigenvalue weighted by Crippen LogP contribution is 2.17. The van der Waals surface area contributed by atoms with Crippen LogP contribution < -0.4 is 5.32 Å². The summed E-state index contributed by atoms with van der Waals surface area (Å²) in [6.45, 7) is 9.76. The summed E-state index contributed by atoms with van der Waals surface area (Å²) >= 11 is 0. The highest BCUT2D eigenvalue weighted by molar-refractivity contribution is 4.81. The Morgan fingerprint density at radius 1 is 1.44 bits per heavy atom. The lowest BCUT2D eigenvalue weighted by atomic mass is 9.98. The van der Waals surface area contributed by atoms with Gasteiger partial charge in [0.15, 0.2) is 0 Å². The van der Waals surface area contributed by atoms with Crippen LogP contribution in [0, 0.1) is 5.92 Å². The Morgan fingerprint density at radius 2 is 2.25 bits per heavy atom. The summed E-state index contributed by atoms with van der Waals surface area (Å²) in [7, 11) is 2.23. The smallest absolute Gasteiger partial charge is 0.0510 e. The summed E-state index contributed by atoms with van der Waals surface area (Å²) in [6.07, 6.45) is 3.80. The Kier molecular flexibility index (Phi) is 7.01. The van der Waals surface area contributed by atoms with E-state index in [1.165, 1.54) is 25.8 Å². The second-order valence-electron chi connectivity index (χ2n) is 4.90. The van der Waals surface area contributed by atoms with Crippen LogP contribution in [0.5, 0.6) is 0 Å². The predicted molar refractivity (Wildman–Crippen MR) is 68.8 cm³/mol. The first-order chi connectivity index (χ1) is 7.77. The van der Waals surface area contributed by atoms with Crippen LogP contribution in [0.25, 0.3) is 0 Å². The molecule has 0 bridgehead atoms. The molecule has 16 heavy (non-hydrogen) atoms. The molecule has 1 rings (SSSR count). The van der Waals surface area contributed by atoms with Crippen molar-refractivity contribution in [2.24, 2.45) is 5.92 Å². The standard InChI is InChI=1S/C13H28N2O/c1-4-6-8-15(3)10-13(14-5-2)12-7-9-16-11-12/h12-14H,4-11H2,1-3H3. The van der Waals surface area contributed by atoms with Gasteiger partial charge in [-0.25, -0.2) is 0 Å².